The van der Waals surface area contributed by atoms with Crippen LogP contribution in [0.3, 0.4) is 0 Å². The zero-order valence-corrected chi connectivity index (χ0v) is 10.9. The number of benzene rings is 1. The molecule has 1 aromatic carbocycles. The summed E-state index contributed by atoms with van der Waals surface area (Å²) in [6.07, 6.45) is 0.631. The van der Waals surface area contributed by atoms with Crippen LogP contribution in [0.25, 0.3) is 0 Å². The van der Waals surface area contributed by atoms with Crippen LogP contribution >= 0.6 is 0 Å². The number of carbonyl (C=O) groups is 1. The molecule has 1 aliphatic heterocycles. The molecule has 0 spiro atoms. The summed E-state index contributed by atoms with van der Waals surface area (Å²) in [7, 11) is 1.56. The molecule has 0 bridgehead atoms. The predicted octanol–water partition coefficient (Wildman–Crippen LogP) is 1.97. The molecule has 0 unspecified atom stereocenters. The van der Waals surface area contributed by atoms with Crippen molar-refractivity contribution in [2.24, 2.45) is 0 Å². The van der Waals surface area contributed by atoms with Crippen molar-refractivity contribution in [1.82, 2.24) is 0 Å². The van der Waals surface area contributed by atoms with Gasteiger partial charge in [0, 0.05) is 25.9 Å². The molecule has 0 radical (unpaired) electrons. The lowest BCUT2D eigenvalue weighted by molar-refractivity contribution is 0.101. The van der Waals surface area contributed by atoms with Gasteiger partial charge in [-0.25, -0.2) is 8.78 Å². The monoisotopic (exact) mass is 270 g/mol. The summed E-state index contributed by atoms with van der Waals surface area (Å²) in [6, 6.07) is 0.995. The van der Waals surface area contributed by atoms with Crippen molar-refractivity contribution in [1.29, 1.82) is 0 Å². The maximum Gasteiger partial charge on any atom is 0.164 e. The average Bonchev–Trinajstić information content (AvgIpc) is 2.76. The summed E-state index contributed by atoms with van der Waals surface area (Å²) < 4.78 is 33.4. The molecule has 104 valence electrons. The third-order valence-electron chi connectivity index (χ3n) is 3.37. The van der Waals surface area contributed by atoms with Gasteiger partial charge in [0.05, 0.1) is 11.7 Å². The molecule has 6 heteroatoms. The number of hydrogen-bond donors (Lipinski definition) is 1. The molecule has 0 saturated carbocycles. The molecule has 1 aromatic rings. The molecule has 2 N–H and O–H groups in total. The quantitative estimate of drug-likeness (QED) is 0.674. The Bertz CT molecular complexity index is 520. The number of ether oxygens (including phenoxy) is 1. The normalized spacial score (nSPS) is 18.9. The highest BCUT2D eigenvalue weighted by atomic mass is 19.1. The largest absolute Gasteiger partial charge is 0.398 e. The van der Waals surface area contributed by atoms with Crippen LogP contribution in [0.4, 0.5) is 20.2 Å². The van der Waals surface area contributed by atoms with Crippen molar-refractivity contribution in [2.45, 2.75) is 19.4 Å². The highest BCUT2D eigenvalue weighted by Gasteiger charge is 2.29. The second-order valence-electron chi connectivity index (χ2n) is 4.63. The number of nitrogen functional groups attached to an aromatic ring is 1. The lowest BCUT2D eigenvalue weighted by Gasteiger charge is -2.21. The second-order valence-corrected chi connectivity index (χ2v) is 4.63. The van der Waals surface area contributed by atoms with Gasteiger partial charge in [-0.1, -0.05) is 0 Å². The number of halogens is 2. The van der Waals surface area contributed by atoms with E-state index in [9.17, 15) is 13.6 Å². The first kappa shape index (κ1) is 13.7. The van der Waals surface area contributed by atoms with Crippen LogP contribution in [0.1, 0.15) is 23.7 Å². The van der Waals surface area contributed by atoms with E-state index >= 15 is 0 Å². The standard InChI is InChI=1S/C13H16F2N2O2/c1-7(18)11-10(16)5-9(14)13(12(11)15)17-4-3-8(6-17)19-2/h5,8H,3-4,6,16H2,1-2H3/t8-/m0/s1. The van der Waals surface area contributed by atoms with Gasteiger partial charge in [-0.05, 0) is 19.4 Å². The summed E-state index contributed by atoms with van der Waals surface area (Å²) >= 11 is 0. The Morgan fingerprint density at radius 3 is 2.74 bits per heavy atom. The minimum atomic E-state index is -0.887. The van der Waals surface area contributed by atoms with Crippen molar-refractivity contribution in [2.75, 3.05) is 30.8 Å². The molecular weight excluding hydrogens is 254 g/mol. The Kier molecular flexibility index (Phi) is 3.71. The number of ketones is 1. The predicted molar refractivity (Wildman–Crippen MR) is 68.4 cm³/mol. The Morgan fingerprint density at radius 2 is 2.21 bits per heavy atom. The third-order valence-corrected chi connectivity index (χ3v) is 3.37. The molecule has 1 fully saturated rings. The number of nitrogens with zero attached hydrogens (tertiary/aromatic N) is 1. The number of Topliss-reactive ketones (excluding diaryl/α,β-unsaturated/α-hetero) is 1. The summed E-state index contributed by atoms with van der Waals surface area (Å²) in [5, 5.41) is 0. The molecule has 1 saturated heterocycles. The summed E-state index contributed by atoms with van der Waals surface area (Å²) in [5.41, 5.74) is 4.88. The van der Waals surface area contributed by atoms with Crippen molar-refractivity contribution in [3.8, 4) is 0 Å². The minimum Gasteiger partial charge on any atom is -0.398 e. The summed E-state index contributed by atoms with van der Waals surface area (Å²) in [4.78, 5) is 12.9. The van der Waals surface area contributed by atoms with Crippen molar-refractivity contribution < 1.29 is 18.3 Å². The first-order chi connectivity index (χ1) is 8.95. The molecule has 0 aliphatic carbocycles. The smallest absolute Gasteiger partial charge is 0.164 e. The van der Waals surface area contributed by atoms with Crippen LogP contribution in [0, 0.1) is 11.6 Å². The van der Waals surface area contributed by atoms with E-state index < -0.39 is 17.4 Å². The molecule has 1 atom stereocenters. The van der Waals surface area contributed by atoms with E-state index in [2.05, 4.69) is 0 Å². The van der Waals surface area contributed by atoms with Gasteiger partial charge >= 0.3 is 0 Å². The fourth-order valence-electron chi connectivity index (χ4n) is 2.40. The van der Waals surface area contributed by atoms with E-state index in [1.807, 2.05) is 0 Å². The van der Waals surface area contributed by atoms with Gasteiger partial charge in [-0.2, -0.15) is 0 Å². The van der Waals surface area contributed by atoms with Crippen molar-refractivity contribution >= 4 is 17.2 Å². The van der Waals surface area contributed by atoms with E-state index in [4.69, 9.17) is 10.5 Å². The topological polar surface area (TPSA) is 55.6 Å². The van der Waals surface area contributed by atoms with Crippen LogP contribution in [0.2, 0.25) is 0 Å². The van der Waals surface area contributed by atoms with Gasteiger partial charge in [-0.3, -0.25) is 4.79 Å². The first-order valence-corrected chi connectivity index (χ1v) is 6.01. The zero-order chi connectivity index (χ0) is 14.2. The average molecular weight is 270 g/mol. The van der Waals surface area contributed by atoms with Crippen molar-refractivity contribution in [3.05, 3.63) is 23.3 Å². The number of carbonyl (C=O) groups excluding carboxylic acids is 1. The van der Waals surface area contributed by atoms with Gasteiger partial charge in [-0.15, -0.1) is 0 Å². The molecule has 19 heavy (non-hydrogen) atoms. The number of anilines is 2. The molecule has 1 heterocycles. The van der Waals surface area contributed by atoms with E-state index in [1.54, 1.807) is 12.0 Å². The van der Waals surface area contributed by atoms with Gasteiger partial charge in [0.1, 0.15) is 5.69 Å². The third kappa shape index (κ3) is 2.40. The molecule has 0 amide bonds. The van der Waals surface area contributed by atoms with Crippen LogP contribution < -0.4 is 10.6 Å². The fourth-order valence-corrected chi connectivity index (χ4v) is 2.40. The van der Waals surface area contributed by atoms with Crippen molar-refractivity contribution in [3.63, 3.8) is 0 Å². The molecular formula is C13H16F2N2O2. The van der Waals surface area contributed by atoms with E-state index in [-0.39, 0.29) is 23.0 Å². The SMILES string of the molecule is CO[C@H]1CCN(c2c(F)cc(N)c(C(C)=O)c2F)C1. The zero-order valence-electron chi connectivity index (χ0n) is 10.9. The minimum absolute atomic E-state index is 0.0582. The summed E-state index contributed by atoms with van der Waals surface area (Å²) in [6.45, 7) is 2.08. The molecule has 2 rings (SSSR count). The molecule has 1 aliphatic rings. The second kappa shape index (κ2) is 5.13. The Morgan fingerprint density at radius 1 is 1.53 bits per heavy atom. The van der Waals surface area contributed by atoms with Crippen LogP contribution in [-0.4, -0.2) is 32.1 Å². The van der Waals surface area contributed by atoms with Gasteiger partial charge in [0.15, 0.2) is 17.4 Å². The highest BCUT2D eigenvalue weighted by molar-refractivity contribution is 6.00. The highest BCUT2D eigenvalue weighted by Crippen LogP contribution is 2.32. The van der Waals surface area contributed by atoms with Gasteiger partial charge < -0.3 is 15.4 Å². The number of rotatable bonds is 3. The fraction of sp³-hybridized carbons (Fsp3) is 0.462. The Balaban J connectivity index is 2.46. The van der Waals surface area contributed by atoms with E-state index in [0.717, 1.165) is 6.07 Å². The maximum atomic E-state index is 14.3. The van der Waals surface area contributed by atoms with Crippen LogP contribution in [-0.2, 0) is 4.74 Å². The van der Waals surface area contributed by atoms with Gasteiger partial charge in [0.25, 0.3) is 0 Å². The van der Waals surface area contributed by atoms with Crippen LogP contribution in [0.15, 0.2) is 6.07 Å². The van der Waals surface area contributed by atoms with E-state index in [1.165, 1.54) is 6.92 Å². The first-order valence-electron chi connectivity index (χ1n) is 6.01. The lowest BCUT2D eigenvalue weighted by Crippen LogP contribution is -2.25. The number of hydrogen-bond acceptors (Lipinski definition) is 4. The number of methoxy groups -OCH3 is 1. The number of nitrogens with two attached hydrogens (primary N) is 1. The van der Waals surface area contributed by atoms with Gasteiger partial charge in [0.2, 0.25) is 0 Å². The van der Waals surface area contributed by atoms with Crippen LogP contribution in [0.5, 0.6) is 0 Å². The van der Waals surface area contributed by atoms with E-state index in [0.29, 0.717) is 19.5 Å². The Hall–Kier alpha value is -1.69. The Labute approximate surface area is 110 Å². The maximum absolute atomic E-state index is 14.3. The lowest BCUT2D eigenvalue weighted by atomic mass is 10.1. The summed E-state index contributed by atoms with van der Waals surface area (Å²) in [5.74, 6) is -2.16. The molecule has 0 aromatic heterocycles. The molecule has 4 nitrogen and oxygen atoms in total.